The number of amides is 1. The predicted octanol–water partition coefficient (Wildman–Crippen LogP) is 8.12. The maximum atomic E-state index is 14.2. The predicted molar refractivity (Wildman–Crippen MR) is 285 cm³/mol. The first-order valence-corrected chi connectivity index (χ1v) is 28.5. The molecule has 2 aliphatic heterocycles. The van der Waals surface area contributed by atoms with E-state index in [-0.39, 0.29) is 30.0 Å². The Labute approximate surface area is 438 Å². The van der Waals surface area contributed by atoms with Crippen LogP contribution in [0.3, 0.4) is 0 Å². The van der Waals surface area contributed by atoms with Crippen LogP contribution in [0.15, 0.2) is 117 Å². The molecule has 0 radical (unpaired) electrons. The summed E-state index contributed by atoms with van der Waals surface area (Å²) in [5, 5.41) is 16.6. The molecule has 0 spiro atoms. The van der Waals surface area contributed by atoms with Gasteiger partial charge in [0, 0.05) is 112 Å². The van der Waals surface area contributed by atoms with Gasteiger partial charge in [0.25, 0.3) is 25.8 Å². The molecule has 7 rings (SSSR count). The highest BCUT2D eigenvalue weighted by molar-refractivity contribution is 7.99. The molecule has 1 aliphatic carbocycles. The van der Waals surface area contributed by atoms with Crippen molar-refractivity contribution >= 4 is 78.5 Å². The smallest absolute Gasteiger partial charge is 0.395 e. The first-order valence-electron chi connectivity index (χ1n) is 24.1. The van der Waals surface area contributed by atoms with Gasteiger partial charge < -0.3 is 30.4 Å². The van der Waals surface area contributed by atoms with E-state index < -0.39 is 52.8 Å². The third-order valence-electron chi connectivity index (χ3n) is 13.6. The summed E-state index contributed by atoms with van der Waals surface area (Å²) in [5.74, 6) is -0.717. The lowest BCUT2D eigenvalue weighted by molar-refractivity contribution is -0.0435. The number of rotatable bonds is 21. The van der Waals surface area contributed by atoms with E-state index in [4.69, 9.17) is 11.6 Å². The molecule has 4 aromatic carbocycles. The number of carbonyl (C=O) groups is 1. The zero-order valence-electron chi connectivity index (χ0n) is 40.7. The number of carbonyl (C=O) groups excluding carboxylic acids is 1. The van der Waals surface area contributed by atoms with E-state index in [1.807, 2.05) is 59.0 Å². The van der Waals surface area contributed by atoms with E-state index in [2.05, 4.69) is 44.4 Å². The van der Waals surface area contributed by atoms with Crippen molar-refractivity contribution in [3.8, 4) is 0 Å². The van der Waals surface area contributed by atoms with Gasteiger partial charge in [0.2, 0.25) is 0 Å². The van der Waals surface area contributed by atoms with Crippen molar-refractivity contribution in [2.24, 2.45) is 5.41 Å². The zero-order valence-corrected chi connectivity index (χ0v) is 44.7. The average molecular weight is 1100 g/mol. The van der Waals surface area contributed by atoms with Gasteiger partial charge in [-0.05, 0) is 116 Å². The molecular formula is C51H66Cl2F3N7O6S3. The zero-order chi connectivity index (χ0) is 50.8. The third kappa shape index (κ3) is 15.1. The Balaban J connectivity index is 0.00000847. The Kier molecular flexibility index (Phi) is 20.4. The fourth-order valence-electron chi connectivity index (χ4n) is 9.68. The van der Waals surface area contributed by atoms with E-state index in [0.29, 0.717) is 42.9 Å². The van der Waals surface area contributed by atoms with Crippen molar-refractivity contribution in [2.45, 2.75) is 65.8 Å². The molecular weight excluding hydrogens is 1030 g/mol. The Hall–Kier alpha value is -3.89. The lowest BCUT2D eigenvalue weighted by atomic mass is 9.71. The van der Waals surface area contributed by atoms with Crippen LogP contribution in [-0.4, -0.2) is 152 Å². The molecule has 13 nitrogen and oxygen atoms in total. The molecule has 0 aromatic heterocycles. The number of benzene rings is 4. The van der Waals surface area contributed by atoms with Crippen LogP contribution in [-0.2, 0) is 19.9 Å². The summed E-state index contributed by atoms with van der Waals surface area (Å²) in [6, 6.07) is 25.7. The minimum absolute atomic E-state index is 0. The molecule has 72 heavy (non-hydrogen) atoms. The normalized spacial score (nSPS) is 19.0. The third-order valence-corrected chi connectivity index (χ3v) is 17.9. The second-order valence-electron chi connectivity index (χ2n) is 18.9. The Morgan fingerprint density at radius 3 is 2.22 bits per heavy atom. The summed E-state index contributed by atoms with van der Waals surface area (Å²) >= 11 is 7.69. The first-order chi connectivity index (χ1) is 33.9. The summed E-state index contributed by atoms with van der Waals surface area (Å²) in [5.41, 5.74) is -1.12. The minimum atomic E-state index is -6.09. The number of nitrogens with one attached hydrogen (secondary N) is 3. The Morgan fingerprint density at radius 2 is 1.58 bits per heavy atom. The first kappa shape index (κ1) is 57.4. The molecule has 21 heteroatoms. The van der Waals surface area contributed by atoms with Crippen LogP contribution in [0.25, 0.3) is 5.57 Å². The standard InChI is InChI=1S/C51H65ClF3N7O6S3.ClH/c1-3-59(31-32-63)24-20-42(36-69-44-7-5-4-6-8-44)57-47-18-17-45(33-48(47)70(65,66)51(53,54)55)71(67,68)58-49(64)39-11-15-43(16-12-39)62-29-27-60(28-30-62)35-40-34-50(2,37-61-25-22-56-23-26-61)21-19-46(40)38-9-13-41(52)14-10-38;/h4-18,33,42,56-57,63H,3,19-32,34-37H2,1-2H3,(H,58,64);1H/t42-,50?;/m1./s1. The van der Waals surface area contributed by atoms with Crippen molar-refractivity contribution in [2.75, 3.05) is 108 Å². The molecule has 3 aliphatic rings. The maximum Gasteiger partial charge on any atom is 0.501 e. The number of likely N-dealkylation sites (N-methyl/N-ethyl adjacent to an activating group) is 1. The molecule has 2 saturated heterocycles. The largest absolute Gasteiger partial charge is 0.501 e. The quantitative estimate of drug-likeness (QED) is 0.0595. The van der Waals surface area contributed by atoms with Crippen molar-refractivity contribution < 1.29 is 39.9 Å². The van der Waals surface area contributed by atoms with Gasteiger partial charge in [0.1, 0.15) is 4.90 Å². The number of allylic oxidation sites excluding steroid dienone is 1. The highest BCUT2D eigenvalue weighted by atomic mass is 35.5. The molecule has 1 unspecified atom stereocenters. The van der Waals surface area contributed by atoms with Crippen molar-refractivity contribution in [3.05, 3.63) is 119 Å². The number of hydrogen-bond donors (Lipinski definition) is 4. The second-order valence-corrected chi connectivity index (χ2v) is 24.0. The van der Waals surface area contributed by atoms with Gasteiger partial charge in [0.15, 0.2) is 0 Å². The van der Waals surface area contributed by atoms with Crippen LogP contribution in [0, 0.1) is 5.41 Å². The SMILES string of the molecule is CCN(CCO)CC[C@H](CSc1ccccc1)Nc1ccc(S(=O)(=O)NC(=O)c2ccc(N3CCN(CC4=C(c5ccc(Cl)cc5)CCC(C)(CN5CCNCC5)C4)CC3)cc2)cc1S(=O)(=O)C(F)(F)F.Cl. The van der Waals surface area contributed by atoms with Gasteiger partial charge >= 0.3 is 5.51 Å². The number of thioether (sulfide) groups is 1. The molecule has 2 fully saturated rings. The molecule has 2 atom stereocenters. The van der Waals surface area contributed by atoms with Gasteiger partial charge in [-0.25, -0.2) is 21.6 Å². The second kappa shape index (κ2) is 25.6. The highest BCUT2D eigenvalue weighted by Gasteiger charge is 2.48. The van der Waals surface area contributed by atoms with Gasteiger partial charge in [-0.1, -0.05) is 61.4 Å². The number of hydrogen-bond acceptors (Lipinski definition) is 13. The summed E-state index contributed by atoms with van der Waals surface area (Å²) in [4.78, 5) is 21.4. The number of piperazine rings is 2. The number of anilines is 2. The van der Waals surface area contributed by atoms with Crippen molar-refractivity contribution in [3.63, 3.8) is 0 Å². The summed E-state index contributed by atoms with van der Waals surface area (Å²) in [7, 11) is -11.0. The monoisotopic (exact) mass is 1100 g/mol. The Bertz CT molecular complexity index is 2680. The molecule has 4 aromatic rings. The van der Waals surface area contributed by atoms with E-state index in [1.165, 1.54) is 40.6 Å². The number of nitrogens with zero attached hydrogens (tertiary/aromatic N) is 4. The minimum Gasteiger partial charge on any atom is -0.395 e. The van der Waals surface area contributed by atoms with Crippen LogP contribution in [0.2, 0.25) is 5.02 Å². The van der Waals surface area contributed by atoms with Gasteiger partial charge in [-0.15, -0.1) is 24.2 Å². The molecule has 2 heterocycles. The summed E-state index contributed by atoms with van der Waals surface area (Å²) in [6.45, 7) is 14.8. The van der Waals surface area contributed by atoms with Crippen LogP contribution in [0.4, 0.5) is 24.5 Å². The van der Waals surface area contributed by atoms with Crippen molar-refractivity contribution in [1.29, 1.82) is 0 Å². The van der Waals surface area contributed by atoms with Gasteiger partial charge in [-0.2, -0.15) is 13.2 Å². The van der Waals surface area contributed by atoms with Crippen LogP contribution in [0.5, 0.6) is 0 Å². The lowest BCUT2D eigenvalue weighted by Crippen LogP contribution is -2.49. The topological polar surface area (TPSA) is 155 Å². The number of aliphatic hydroxyl groups excluding tert-OH is 1. The van der Waals surface area contributed by atoms with Gasteiger partial charge in [0.05, 0.1) is 17.2 Å². The number of aliphatic hydroxyl groups is 1. The molecule has 0 saturated carbocycles. The van der Waals surface area contributed by atoms with E-state index >= 15 is 0 Å². The fourth-order valence-corrected chi connectivity index (χ4v) is 12.8. The molecule has 0 bridgehead atoms. The molecule has 394 valence electrons. The molecule has 4 N–H and O–H groups in total. The number of alkyl halides is 3. The van der Waals surface area contributed by atoms with E-state index in [9.17, 15) is 39.9 Å². The fraction of sp³-hybridized carbons (Fsp3) is 0.471. The van der Waals surface area contributed by atoms with Gasteiger partial charge in [-0.3, -0.25) is 9.69 Å². The van der Waals surface area contributed by atoms with Crippen LogP contribution >= 0.6 is 35.8 Å². The number of halogens is 5. The lowest BCUT2D eigenvalue weighted by Gasteiger charge is -2.43. The average Bonchev–Trinajstić information content (AvgIpc) is 3.35. The van der Waals surface area contributed by atoms with E-state index in [1.54, 1.807) is 12.1 Å². The summed E-state index contributed by atoms with van der Waals surface area (Å²) < 4.78 is 98.1. The Morgan fingerprint density at radius 1 is 0.903 bits per heavy atom. The molecule has 1 amide bonds. The highest BCUT2D eigenvalue weighted by Crippen LogP contribution is 2.44. The number of sulfone groups is 1. The van der Waals surface area contributed by atoms with Crippen molar-refractivity contribution in [1.82, 2.24) is 24.7 Å². The van der Waals surface area contributed by atoms with Crippen LogP contribution in [0.1, 0.15) is 55.5 Å². The van der Waals surface area contributed by atoms with E-state index in [0.717, 1.165) is 107 Å². The number of sulfonamides is 1. The maximum absolute atomic E-state index is 14.2. The summed E-state index contributed by atoms with van der Waals surface area (Å²) in [6.07, 6.45) is 3.50. The van der Waals surface area contributed by atoms with Crippen LogP contribution < -0.4 is 20.3 Å².